The molecule has 0 bridgehead atoms. The molecule has 2 aromatic carbocycles. The van der Waals surface area contributed by atoms with Crippen LogP contribution in [-0.4, -0.2) is 83.2 Å². The number of terminal acetylenes is 1. The van der Waals surface area contributed by atoms with Crippen molar-refractivity contribution in [1.82, 2.24) is 24.8 Å². The lowest BCUT2D eigenvalue weighted by molar-refractivity contribution is 0.0681. The van der Waals surface area contributed by atoms with Crippen LogP contribution in [0.3, 0.4) is 0 Å². The summed E-state index contributed by atoms with van der Waals surface area (Å²) in [6.07, 6.45) is 15.7. The van der Waals surface area contributed by atoms with Crippen molar-refractivity contribution in [3.05, 3.63) is 53.5 Å². The predicted molar refractivity (Wildman–Crippen MR) is 175 cm³/mol. The van der Waals surface area contributed by atoms with E-state index in [1.165, 1.54) is 19.3 Å². The first kappa shape index (κ1) is 28.9. The van der Waals surface area contributed by atoms with Crippen LogP contribution in [0.2, 0.25) is 0 Å². The van der Waals surface area contributed by atoms with E-state index >= 15 is 4.39 Å². The summed E-state index contributed by atoms with van der Waals surface area (Å²) in [6, 6.07) is 10.0. The van der Waals surface area contributed by atoms with Gasteiger partial charge in [-0.2, -0.15) is 9.97 Å². The first-order chi connectivity index (χ1) is 21.2. The molecule has 2 aliphatic heterocycles. The summed E-state index contributed by atoms with van der Waals surface area (Å²) in [5, 5.41) is 2.34. The van der Waals surface area contributed by atoms with Gasteiger partial charge in [0.15, 0.2) is 5.82 Å². The van der Waals surface area contributed by atoms with Crippen LogP contribution in [0.4, 0.5) is 10.2 Å². The monoisotopic (exact) mass is 592 g/mol. The van der Waals surface area contributed by atoms with Gasteiger partial charge in [0.1, 0.15) is 23.6 Å². The lowest BCUT2D eigenvalue weighted by Gasteiger charge is -2.49. The molecule has 8 heteroatoms. The average Bonchev–Trinajstić information content (AvgIpc) is 3.58. The Labute approximate surface area is 259 Å². The molecule has 4 aromatic rings. The highest BCUT2D eigenvalue weighted by molar-refractivity contribution is 6.02. The Balaban J connectivity index is 1.36. The fraction of sp³-hybridized carbons (Fsp3) is 0.472. The summed E-state index contributed by atoms with van der Waals surface area (Å²) < 4.78 is 23.3. The molecule has 2 aromatic heterocycles. The van der Waals surface area contributed by atoms with Crippen molar-refractivity contribution in [1.29, 1.82) is 0 Å². The van der Waals surface area contributed by atoms with E-state index < -0.39 is 5.82 Å². The van der Waals surface area contributed by atoms with Crippen LogP contribution in [-0.2, 0) is 0 Å². The molecule has 44 heavy (non-hydrogen) atoms. The van der Waals surface area contributed by atoms with Crippen LogP contribution in [0, 0.1) is 25.1 Å². The number of fused-ring (bicyclic) bond motifs is 3. The van der Waals surface area contributed by atoms with Crippen molar-refractivity contribution in [2.24, 2.45) is 0 Å². The summed E-state index contributed by atoms with van der Waals surface area (Å²) in [5.41, 5.74) is 2.89. The first-order valence-electron chi connectivity index (χ1n) is 15.9. The summed E-state index contributed by atoms with van der Waals surface area (Å²) in [4.78, 5) is 21.4. The van der Waals surface area contributed by atoms with Crippen LogP contribution >= 0.6 is 0 Å². The predicted octanol–water partition coefficient (Wildman–Crippen LogP) is 6.20. The Kier molecular flexibility index (Phi) is 7.22. The van der Waals surface area contributed by atoms with E-state index in [0.717, 1.165) is 67.2 Å². The molecule has 3 fully saturated rings. The molecule has 1 aliphatic carbocycles. The van der Waals surface area contributed by atoms with Gasteiger partial charge in [-0.05, 0) is 90.0 Å². The topological polar surface area (TPSA) is 57.6 Å². The zero-order chi connectivity index (χ0) is 30.6. The van der Waals surface area contributed by atoms with Gasteiger partial charge in [0.2, 0.25) is 0 Å². The van der Waals surface area contributed by atoms with Crippen molar-refractivity contribution >= 4 is 27.5 Å². The zero-order valence-electron chi connectivity index (χ0n) is 26.3. The number of ether oxygens (including phenoxy) is 1. The average molecular weight is 593 g/mol. The van der Waals surface area contributed by atoms with Crippen molar-refractivity contribution in [2.45, 2.75) is 62.9 Å². The molecule has 0 spiro atoms. The molecule has 0 atom stereocenters. The first-order valence-corrected chi connectivity index (χ1v) is 15.9. The standard InChI is InChI=1S/C36H41FN6O/c1-6-26-24(2)13-14-25-11-7-12-27(29(25)26)31-30(37)32-28(21-38-31)33(42(5)22-35(41(3)4)15-8-16-35)40-34(39-32)44-23-36-17-9-19-43(36)20-10-18-36/h1,7,11-14,21H,8-10,15-20,22-23H2,2-5H3. The van der Waals surface area contributed by atoms with Gasteiger partial charge in [0.25, 0.3) is 0 Å². The smallest absolute Gasteiger partial charge is 0.319 e. The molecule has 2 saturated heterocycles. The second-order valence-electron chi connectivity index (χ2n) is 13.4. The highest BCUT2D eigenvalue weighted by Crippen LogP contribution is 2.41. The number of hydrogen-bond donors (Lipinski definition) is 0. The summed E-state index contributed by atoms with van der Waals surface area (Å²) in [7, 11) is 6.30. The van der Waals surface area contributed by atoms with Gasteiger partial charge >= 0.3 is 6.01 Å². The van der Waals surface area contributed by atoms with E-state index in [2.05, 4.69) is 34.7 Å². The van der Waals surface area contributed by atoms with E-state index in [1.54, 1.807) is 6.20 Å². The maximum Gasteiger partial charge on any atom is 0.319 e. The summed E-state index contributed by atoms with van der Waals surface area (Å²) in [5.74, 6) is 2.98. The van der Waals surface area contributed by atoms with E-state index in [0.29, 0.717) is 23.4 Å². The molecule has 228 valence electrons. The number of likely N-dealkylation sites (N-methyl/N-ethyl adjacent to an activating group) is 2. The maximum absolute atomic E-state index is 16.8. The van der Waals surface area contributed by atoms with Gasteiger partial charge in [-0.25, -0.2) is 4.39 Å². The number of nitrogens with zero attached hydrogens (tertiary/aromatic N) is 6. The van der Waals surface area contributed by atoms with Gasteiger partial charge in [0, 0.05) is 41.8 Å². The van der Waals surface area contributed by atoms with Gasteiger partial charge in [-0.3, -0.25) is 9.88 Å². The van der Waals surface area contributed by atoms with Crippen LogP contribution in [0.15, 0.2) is 36.5 Å². The lowest BCUT2D eigenvalue weighted by Crippen LogP contribution is -2.56. The number of anilines is 1. The molecule has 4 heterocycles. The quantitative estimate of drug-likeness (QED) is 0.226. The number of benzene rings is 2. The third kappa shape index (κ3) is 4.60. The van der Waals surface area contributed by atoms with Crippen LogP contribution in [0.1, 0.15) is 56.1 Å². The molecule has 0 amide bonds. The maximum atomic E-state index is 16.8. The third-order valence-electron chi connectivity index (χ3n) is 10.7. The fourth-order valence-corrected chi connectivity index (χ4v) is 7.94. The van der Waals surface area contributed by atoms with Crippen LogP contribution in [0.5, 0.6) is 6.01 Å². The van der Waals surface area contributed by atoms with Crippen molar-refractivity contribution < 1.29 is 9.13 Å². The lowest BCUT2D eigenvalue weighted by atomic mass is 9.75. The number of aromatic nitrogens is 3. The highest BCUT2D eigenvalue weighted by atomic mass is 19.1. The van der Waals surface area contributed by atoms with Crippen molar-refractivity contribution in [3.8, 4) is 29.6 Å². The Morgan fingerprint density at radius 2 is 1.80 bits per heavy atom. The van der Waals surface area contributed by atoms with E-state index in [4.69, 9.17) is 26.1 Å². The van der Waals surface area contributed by atoms with Gasteiger partial charge in [-0.15, -0.1) is 6.42 Å². The second kappa shape index (κ2) is 11.0. The summed E-state index contributed by atoms with van der Waals surface area (Å²) >= 11 is 0. The molecular weight excluding hydrogens is 551 g/mol. The molecule has 7 rings (SSSR count). The number of halogens is 1. The fourth-order valence-electron chi connectivity index (χ4n) is 7.94. The Morgan fingerprint density at radius 3 is 2.48 bits per heavy atom. The molecule has 3 aliphatic rings. The number of rotatable bonds is 8. The Bertz CT molecular complexity index is 1780. The number of pyridine rings is 1. The van der Waals surface area contributed by atoms with Crippen LogP contribution < -0.4 is 9.64 Å². The van der Waals surface area contributed by atoms with E-state index in [-0.39, 0.29) is 28.3 Å². The molecular formula is C36H41FN6O. The van der Waals surface area contributed by atoms with Gasteiger partial charge < -0.3 is 14.5 Å². The van der Waals surface area contributed by atoms with E-state index in [9.17, 15) is 0 Å². The molecule has 1 saturated carbocycles. The van der Waals surface area contributed by atoms with Crippen LogP contribution in [0.25, 0.3) is 32.9 Å². The number of hydrogen-bond acceptors (Lipinski definition) is 7. The minimum absolute atomic E-state index is 0.0275. The highest BCUT2D eigenvalue weighted by Gasteiger charge is 2.45. The summed E-state index contributed by atoms with van der Waals surface area (Å²) in [6.45, 7) is 5.47. The van der Waals surface area contributed by atoms with Gasteiger partial charge in [0.05, 0.1) is 10.9 Å². The Hall–Kier alpha value is -3.80. The minimum Gasteiger partial charge on any atom is -0.461 e. The zero-order valence-corrected chi connectivity index (χ0v) is 26.3. The molecule has 7 nitrogen and oxygen atoms in total. The van der Waals surface area contributed by atoms with Crippen molar-refractivity contribution in [2.75, 3.05) is 52.3 Å². The molecule has 0 unspecified atom stereocenters. The normalized spacial score (nSPS) is 18.8. The SMILES string of the molecule is C#Cc1c(C)ccc2cccc(-c3ncc4c(N(C)CC5(N(C)C)CCC5)nc(OCC56CCCN5CCC6)nc4c3F)c12. The molecule has 0 N–H and O–H groups in total. The van der Waals surface area contributed by atoms with Gasteiger partial charge in [-0.1, -0.05) is 36.3 Å². The van der Waals surface area contributed by atoms with Crippen molar-refractivity contribution in [3.63, 3.8) is 0 Å². The number of aryl methyl sites for hydroxylation is 1. The second-order valence-corrected chi connectivity index (χ2v) is 13.4. The van der Waals surface area contributed by atoms with E-state index in [1.807, 2.05) is 44.3 Å². The largest absolute Gasteiger partial charge is 0.461 e. The third-order valence-corrected chi connectivity index (χ3v) is 10.7. The minimum atomic E-state index is -0.492. The Morgan fingerprint density at radius 1 is 1.02 bits per heavy atom. The molecule has 0 radical (unpaired) electrons.